The van der Waals surface area contributed by atoms with Gasteiger partial charge >= 0.3 is 11.7 Å². The van der Waals surface area contributed by atoms with Crippen LogP contribution in [-0.4, -0.2) is 20.2 Å². The van der Waals surface area contributed by atoms with Gasteiger partial charge in [-0.15, -0.1) is 0 Å². The van der Waals surface area contributed by atoms with Crippen molar-refractivity contribution in [3.63, 3.8) is 0 Å². The van der Waals surface area contributed by atoms with E-state index in [-0.39, 0.29) is 18.5 Å². The lowest BCUT2D eigenvalue weighted by Crippen LogP contribution is -2.38. The molecule has 0 saturated carbocycles. The van der Waals surface area contributed by atoms with Crippen molar-refractivity contribution in [2.75, 3.05) is 0 Å². The highest BCUT2D eigenvalue weighted by Gasteiger charge is 2.10. The summed E-state index contributed by atoms with van der Waals surface area (Å²) >= 11 is 0. The summed E-state index contributed by atoms with van der Waals surface area (Å²) in [5.41, 5.74) is -0.408. The van der Waals surface area contributed by atoms with Gasteiger partial charge in [0.05, 0.1) is 17.3 Å². The summed E-state index contributed by atoms with van der Waals surface area (Å²) < 4.78 is 2.30. The van der Waals surface area contributed by atoms with E-state index < -0.39 is 11.7 Å². The molecule has 0 unspecified atom stereocenters. The van der Waals surface area contributed by atoms with E-state index in [4.69, 9.17) is 5.11 Å². The third-order valence-corrected chi connectivity index (χ3v) is 2.80. The molecule has 2 rings (SSSR count). The largest absolute Gasteiger partial charge is 0.481 e. The number of hydrogen-bond acceptors (Lipinski definition) is 3. The number of benzene rings is 1. The maximum absolute atomic E-state index is 11.9. The average molecular weight is 248 g/mol. The molecule has 0 fully saturated rings. The fourth-order valence-electron chi connectivity index (χ4n) is 1.87. The summed E-state index contributed by atoms with van der Waals surface area (Å²) in [6.07, 6.45) is -0.165. The molecule has 0 atom stereocenters. The highest BCUT2D eigenvalue weighted by Crippen LogP contribution is 2.07. The lowest BCUT2D eigenvalue weighted by Gasteiger charge is -2.10. The molecule has 94 valence electrons. The topological polar surface area (TPSA) is 81.3 Å². The third kappa shape index (κ3) is 1.92. The highest BCUT2D eigenvalue weighted by molar-refractivity contribution is 5.78. The van der Waals surface area contributed by atoms with Gasteiger partial charge in [0.1, 0.15) is 0 Å². The molecule has 1 aromatic heterocycles. The predicted octanol–water partition coefficient (Wildman–Crippen LogP) is 0.175. The average Bonchev–Trinajstić information content (AvgIpc) is 2.36. The van der Waals surface area contributed by atoms with Crippen LogP contribution < -0.4 is 11.2 Å². The molecule has 0 amide bonds. The standard InChI is InChI=1S/C12H12N2O4/c1-13-11(17)8-4-2-3-5-9(8)14(12(13)18)7-6-10(15)16/h2-5H,6-7H2,1H3,(H,15,16). The van der Waals surface area contributed by atoms with Crippen molar-refractivity contribution >= 4 is 16.9 Å². The van der Waals surface area contributed by atoms with Gasteiger partial charge in [-0.25, -0.2) is 4.79 Å². The summed E-state index contributed by atoms with van der Waals surface area (Å²) in [6, 6.07) is 6.67. The SMILES string of the molecule is Cn1c(=O)c2ccccc2n(CCC(=O)O)c1=O. The number of rotatable bonds is 3. The van der Waals surface area contributed by atoms with Gasteiger partial charge in [-0.2, -0.15) is 0 Å². The summed E-state index contributed by atoms with van der Waals surface area (Å²) in [4.78, 5) is 34.4. The molecule has 1 N–H and O–H groups in total. The van der Waals surface area contributed by atoms with Crippen LogP contribution in [0.3, 0.4) is 0 Å². The molecule has 1 aromatic carbocycles. The van der Waals surface area contributed by atoms with Crippen LogP contribution in [0, 0.1) is 0 Å². The summed E-state index contributed by atoms with van der Waals surface area (Å²) in [5.74, 6) is -0.986. The number of aromatic nitrogens is 2. The number of carboxylic acid groups (broad SMARTS) is 1. The zero-order valence-electron chi connectivity index (χ0n) is 9.79. The number of aliphatic carboxylic acids is 1. The Morgan fingerprint density at radius 3 is 2.61 bits per heavy atom. The van der Waals surface area contributed by atoms with Gasteiger partial charge < -0.3 is 5.11 Å². The molecule has 0 saturated heterocycles. The van der Waals surface area contributed by atoms with Crippen molar-refractivity contribution in [3.05, 3.63) is 45.1 Å². The Morgan fingerprint density at radius 2 is 1.94 bits per heavy atom. The van der Waals surface area contributed by atoms with Crippen molar-refractivity contribution < 1.29 is 9.90 Å². The van der Waals surface area contributed by atoms with Gasteiger partial charge in [0.25, 0.3) is 5.56 Å². The molecule has 0 bridgehead atoms. The van der Waals surface area contributed by atoms with Gasteiger partial charge in [-0.05, 0) is 12.1 Å². The second kappa shape index (κ2) is 4.48. The zero-order chi connectivity index (χ0) is 13.3. The van der Waals surface area contributed by atoms with E-state index >= 15 is 0 Å². The maximum Gasteiger partial charge on any atom is 0.331 e. The molecule has 0 spiro atoms. The number of aryl methyl sites for hydroxylation is 1. The number of fused-ring (bicyclic) bond motifs is 1. The van der Waals surface area contributed by atoms with E-state index in [9.17, 15) is 14.4 Å². The molecular weight excluding hydrogens is 236 g/mol. The molecule has 1 heterocycles. The van der Waals surface area contributed by atoms with E-state index in [1.807, 2.05) is 0 Å². The molecular formula is C12H12N2O4. The van der Waals surface area contributed by atoms with E-state index in [0.717, 1.165) is 4.57 Å². The lowest BCUT2D eigenvalue weighted by atomic mass is 10.2. The molecule has 0 radical (unpaired) electrons. The molecule has 0 aliphatic rings. The highest BCUT2D eigenvalue weighted by atomic mass is 16.4. The Hall–Kier alpha value is -2.37. The van der Waals surface area contributed by atoms with Crippen molar-refractivity contribution in [1.29, 1.82) is 0 Å². The maximum atomic E-state index is 11.9. The minimum absolute atomic E-state index is 0.0444. The van der Waals surface area contributed by atoms with Crippen LogP contribution in [0.4, 0.5) is 0 Å². The molecule has 18 heavy (non-hydrogen) atoms. The van der Waals surface area contributed by atoms with Crippen molar-refractivity contribution in [3.8, 4) is 0 Å². The number of hydrogen-bond donors (Lipinski definition) is 1. The second-order valence-electron chi connectivity index (χ2n) is 3.96. The summed E-state index contributed by atoms with van der Waals surface area (Å²) in [6.45, 7) is 0.0444. The van der Waals surface area contributed by atoms with Crippen LogP contribution in [0.25, 0.3) is 10.9 Å². The first kappa shape index (κ1) is 12.1. The quantitative estimate of drug-likeness (QED) is 0.839. The number of carboxylic acids is 1. The van der Waals surface area contributed by atoms with Crippen LogP contribution in [-0.2, 0) is 18.4 Å². The first-order valence-electron chi connectivity index (χ1n) is 5.42. The number of nitrogens with zero attached hydrogens (tertiary/aromatic N) is 2. The predicted molar refractivity (Wildman–Crippen MR) is 65.7 cm³/mol. The Balaban J connectivity index is 2.75. The van der Waals surface area contributed by atoms with E-state index in [0.29, 0.717) is 10.9 Å². The fraction of sp³-hybridized carbons (Fsp3) is 0.250. The monoisotopic (exact) mass is 248 g/mol. The normalized spacial score (nSPS) is 10.7. The number of carbonyl (C=O) groups is 1. The first-order chi connectivity index (χ1) is 8.52. The lowest BCUT2D eigenvalue weighted by molar-refractivity contribution is -0.137. The summed E-state index contributed by atoms with van der Waals surface area (Å²) in [7, 11) is 1.38. The molecule has 6 nitrogen and oxygen atoms in total. The Labute approximate surface area is 102 Å². The van der Waals surface area contributed by atoms with Gasteiger partial charge in [0, 0.05) is 13.6 Å². The Morgan fingerprint density at radius 1 is 1.28 bits per heavy atom. The fourth-order valence-corrected chi connectivity index (χ4v) is 1.87. The molecule has 0 aliphatic carbocycles. The minimum atomic E-state index is -0.986. The number of para-hydroxylation sites is 1. The van der Waals surface area contributed by atoms with Gasteiger partial charge in [-0.3, -0.25) is 18.7 Å². The summed E-state index contributed by atoms with van der Waals surface area (Å²) in [5, 5.41) is 9.09. The smallest absolute Gasteiger partial charge is 0.331 e. The zero-order valence-corrected chi connectivity index (χ0v) is 9.79. The van der Waals surface area contributed by atoms with Crippen LogP contribution in [0.5, 0.6) is 0 Å². The molecule has 2 aromatic rings. The molecule has 0 aliphatic heterocycles. The van der Waals surface area contributed by atoms with E-state index in [2.05, 4.69) is 0 Å². The second-order valence-corrected chi connectivity index (χ2v) is 3.96. The molecule has 6 heteroatoms. The van der Waals surface area contributed by atoms with Gasteiger partial charge in [-0.1, -0.05) is 12.1 Å². The first-order valence-corrected chi connectivity index (χ1v) is 5.42. The van der Waals surface area contributed by atoms with Gasteiger partial charge in [0.2, 0.25) is 0 Å². The van der Waals surface area contributed by atoms with Crippen LogP contribution in [0.2, 0.25) is 0 Å². The van der Waals surface area contributed by atoms with Crippen LogP contribution >= 0.6 is 0 Å². The van der Waals surface area contributed by atoms with Crippen LogP contribution in [0.15, 0.2) is 33.9 Å². The van der Waals surface area contributed by atoms with Crippen molar-refractivity contribution in [2.45, 2.75) is 13.0 Å². The minimum Gasteiger partial charge on any atom is -0.481 e. The Bertz CT molecular complexity index is 727. The van der Waals surface area contributed by atoms with Crippen LogP contribution in [0.1, 0.15) is 6.42 Å². The third-order valence-electron chi connectivity index (χ3n) is 2.80. The van der Waals surface area contributed by atoms with Gasteiger partial charge in [0.15, 0.2) is 0 Å². The van der Waals surface area contributed by atoms with Crippen molar-refractivity contribution in [2.24, 2.45) is 7.05 Å². The van der Waals surface area contributed by atoms with Crippen molar-refractivity contribution in [1.82, 2.24) is 9.13 Å². The van der Waals surface area contributed by atoms with E-state index in [1.165, 1.54) is 11.6 Å². The van der Waals surface area contributed by atoms with E-state index in [1.54, 1.807) is 24.3 Å². The Kier molecular flexibility index (Phi) is 3.01.